The van der Waals surface area contributed by atoms with Gasteiger partial charge in [0.2, 0.25) is 0 Å². The molecular weight excluding hydrogens is 310 g/mol. The molecule has 1 aromatic rings. The second-order valence-corrected chi connectivity index (χ2v) is 8.11. The number of carbonyl (C=O) groups excluding carboxylic acids is 1. The van der Waals surface area contributed by atoms with Crippen molar-refractivity contribution in [3.05, 3.63) is 35.4 Å². The minimum atomic E-state index is 0.0400. The number of benzene rings is 1. The summed E-state index contributed by atoms with van der Waals surface area (Å²) in [7, 11) is 2.18. The first kappa shape index (κ1) is 19.9. The predicted molar refractivity (Wildman–Crippen MR) is 105 cm³/mol. The molecule has 1 heterocycles. The fourth-order valence-electron chi connectivity index (χ4n) is 3.42. The Morgan fingerprint density at radius 1 is 1.04 bits per heavy atom. The molecule has 0 spiro atoms. The average molecular weight is 346 g/mol. The fourth-order valence-corrected chi connectivity index (χ4v) is 3.42. The average Bonchev–Trinajstić information content (AvgIpc) is 2.59. The summed E-state index contributed by atoms with van der Waals surface area (Å²) >= 11 is 0. The smallest absolute Gasteiger partial charge is 0.251 e. The molecule has 1 saturated heterocycles. The summed E-state index contributed by atoms with van der Waals surface area (Å²) in [5.74, 6) is 1.16. The van der Waals surface area contributed by atoms with Gasteiger partial charge in [-0.1, -0.05) is 39.8 Å². The largest absolute Gasteiger partial charge is 0.350 e. The van der Waals surface area contributed by atoms with Gasteiger partial charge in [-0.2, -0.15) is 0 Å². The molecule has 1 N–H and O–H groups in total. The first-order valence-electron chi connectivity index (χ1n) is 9.67. The third-order valence-electron chi connectivity index (χ3n) is 5.14. The second kappa shape index (κ2) is 9.35. The second-order valence-electron chi connectivity index (χ2n) is 8.11. The maximum atomic E-state index is 12.5. The molecule has 140 valence electrons. The summed E-state index contributed by atoms with van der Waals surface area (Å²) in [6.07, 6.45) is 1.12. The Labute approximate surface area is 153 Å². The number of piperazine rings is 1. The molecule has 1 unspecified atom stereocenters. The van der Waals surface area contributed by atoms with Gasteiger partial charge in [-0.3, -0.25) is 9.69 Å². The minimum Gasteiger partial charge on any atom is -0.350 e. The van der Waals surface area contributed by atoms with Crippen LogP contribution in [0.15, 0.2) is 24.3 Å². The molecule has 4 nitrogen and oxygen atoms in total. The Bertz CT molecular complexity index is 531. The van der Waals surface area contributed by atoms with Crippen molar-refractivity contribution in [1.29, 1.82) is 0 Å². The van der Waals surface area contributed by atoms with E-state index in [4.69, 9.17) is 0 Å². The van der Waals surface area contributed by atoms with E-state index in [0.717, 1.165) is 44.7 Å². The lowest BCUT2D eigenvalue weighted by Gasteiger charge is -2.38. The summed E-state index contributed by atoms with van der Waals surface area (Å²) in [6.45, 7) is 14.0. The number of nitrogens with zero attached hydrogens (tertiary/aromatic N) is 2. The van der Waals surface area contributed by atoms with Crippen LogP contribution < -0.4 is 5.32 Å². The molecule has 2 rings (SSSR count). The van der Waals surface area contributed by atoms with Crippen molar-refractivity contribution < 1.29 is 4.79 Å². The Morgan fingerprint density at radius 3 is 2.16 bits per heavy atom. The summed E-state index contributed by atoms with van der Waals surface area (Å²) in [5.41, 5.74) is 2.03. The van der Waals surface area contributed by atoms with E-state index in [0.29, 0.717) is 17.9 Å². The fraction of sp³-hybridized carbons (Fsp3) is 0.667. The van der Waals surface area contributed by atoms with Gasteiger partial charge in [-0.25, -0.2) is 0 Å². The number of hydrogen-bond donors (Lipinski definition) is 1. The molecule has 0 aromatic heterocycles. The molecule has 0 radical (unpaired) electrons. The number of rotatable bonds is 7. The van der Waals surface area contributed by atoms with Crippen molar-refractivity contribution in [3.8, 4) is 0 Å². The van der Waals surface area contributed by atoms with Crippen LogP contribution in [0.1, 0.15) is 56.0 Å². The third kappa shape index (κ3) is 6.12. The number of nitrogens with one attached hydrogen (secondary N) is 1. The van der Waals surface area contributed by atoms with Crippen LogP contribution in [-0.4, -0.2) is 61.5 Å². The number of hydrogen-bond acceptors (Lipinski definition) is 3. The predicted octanol–water partition coefficient (Wildman–Crippen LogP) is 3.20. The van der Waals surface area contributed by atoms with Crippen LogP contribution in [0.5, 0.6) is 0 Å². The highest BCUT2D eigenvalue weighted by Crippen LogP contribution is 2.16. The highest BCUT2D eigenvalue weighted by atomic mass is 16.1. The molecule has 0 bridgehead atoms. The van der Waals surface area contributed by atoms with E-state index in [1.54, 1.807) is 0 Å². The van der Waals surface area contributed by atoms with Crippen molar-refractivity contribution in [3.63, 3.8) is 0 Å². The van der Waals surface area contributed by atoms with Crippen LogP contribution in [0.2, 0.25) is 0 Å². The zero-order valence-electron chi connectivity index (χ0n) is 16.6. The topological polar surface area (TPSA) is 35.6 Å². The van der Waals surface area contributed by atoms with E-state index in [1.807, 2.05) is 12.1 Å². The third-order valence-corrected chi connectivity index (χ3v) is 5.14. The molecule has 25 heavy (non-hydrogen) atoms. The van der Waals surface area contributed by atoms with Crippen LogP contribution in [0.3, 0.4) is 0 Å². The molecule has 1 aliphatic heterocycles. The van der Waals surface area contributed by atoms with Gasteiger partial charge in [0, 0.05) is 44.3 Å². The summed E-state index contributed by atoms with van der Waals surface area (Å²) in [6, 6.07) is 8.43. The molecule has 1 atom stereocenters. The van der Waals surface area contributed by atoms with Crippen molar-refractivity contribution in [2.75, 3.05) is 39.8 Å². The standard InChI is InChI=1S/C21H35N3O/c1-16(2)14-20(24-12-10-23(5)11-13-24)15-22-21(25)19-8-6-18(7-9-19)17(3)4/h6-9,16-17,20H,10-15H2,1-5H3,(H,22,25). The highest BCUT2D eigenvalue weighted by Gasteiger charge is 2.23. The van der Waals surface area contributed by atoms with Gasteiger partial charge in [-0.15, -0.1) is 0 Å². The van der Waals surface area contributed by atoms with Gasteiger partial charge >= 0.3 is 0 Å². The molecule has 0 saturated carbocycles. The zero-order valence-corrected chi connectivity index (χ0v) is 16.6. The molecule has 1 fully saturated rings. The van der Waals surface area contributed by atoms with E-state index >= 15 is 0 Å². The molecule has 1 aromatic carbocycles. The first-order valence-corrected chi connectivity index (χ1v) is 9.67. The number of amides is 1. The van der Waals surface area contributed by atoms with Crippen LogP contribution in [0.25, 0.3) is 0 Å². The molecule has 1 amide bonds. The quantitative estimate of drug-likeness (QED) is 0.824. The zero-order chi connectivity index (χ0) is 18.4. The lowest BCUT2D eigenvalue weighted by atomic mass is 10.0. The van der Waals surface area contributed by atoms with E-state index in [1.165, 1.54) is 5.56 Å². The summed E-state index contributed by atoms with van der Waals surface area (Å²) < 4.78 is 0. The Balaban J connectivity index is 1.93. The van der Waals surface area contributed by atoms with Crippen LogP contribution in [-0.2, 0) is 0 Å². The van der Waals surface area contributed by atoms with Gasteiger partial charge in [0.15, 0.2) is 0 Å². The van der Waals surface area contributed by atoms with Crippen molar-refractivity contribution in [1.82, 2.24) is 15.1 Å². The number of likely N-dealkylation sites (N-methyl/N-ethyl adjacent to an activating group) is 1. The highest BCUT2D eigenvalue weighted by molar-refractivity contribution is 5.94. The summed E-state index contributed by atoms with van der Waals surface area (Å²) in [5, 5.41) is 3.17. The number of carbonyl (C=O) groups is 1. The van der Waals surface area contributed by atoms with Crippen molar-refractivity contribution in [2.24, 2.45) is 5.92 Å². The van der Waals surface area contributed by atoms with E-state index in [-0.39, 0.29) is 5.91 Å². The van der Waals surface area contributed by atoms with Gasteiger partial charge in [0.25, 0.3) is 5.91 Å². The Kier molecular flexibility index (Phi) is 7.45. The Morgan fingerprint density at radius 2 is 1.64 bits per heavy atom. The minimum absolute atomic E-state index is 0.0400. The molecule has 4 heteroatoms. The lowest BCUT2D eigenvalue weighted by molar-refractivity contribution is 0.0850. The molecular formula is C21H35N3O. The van der Waals surface area contributed by atoms with E-state index in [2.05, 4.69) is 62.0 Å². The van der Waals surface area contributed by atoms with E-state index in [9.17, 15) is 4.79 Å². The van der Waals surface area contributed by atoms with E-state index < -0.39 is 0 Å². The van der Waals surface area contributed by atoms with Gasteiger partial charge in [0.1, 0.15) is 0 Å². The maximum absolute atomic E-state index is 12.5. The molecule has 1 aliphatic rings. The lowest BCUT2D eigenvalue weighted by Crippen LogP contribution is -2.52. The SMILES string of the molecule is CC(C)CC(CNC(=O)c1ccc(C(C)C)cc1)N1CCN(C)CC1. The first-order chi connectivity index (χ1) is 11.9. The van der Waals surface area contributed by atoms with Crippen LogP contribution >= 0.6 is 0 Å². The van der Waals surface area contributed by atoms with Gasteiger partial charge in [-0.05, 0) is 43.0 Å². The van der Waals surface area contributed by atoms with Crippen LogP contribution in [0, 0.1) is 5.92 Å². The van der Waals surface area contributed by atoms with Gasteiger partial charge in [0.05, 0.1) is 0 Å². The maximum Gasteiger partial charge on any atom is 0.251 e. The van der Waals surface area contributed by atoms with Gasteiger partial charge < -0.3 is 10.2 Å². The summed E-state index contributed by atoms with van der Waals surface area (Å²) in [4.78, 5) is 17.4. The van der Waals surface area contributed by atoms with Crippen LogP contribution in [0.4, 0.5) is 0 Å². The normalized spacial score (nSPS) is 17.9. The Hall–Kier alpha value is -1.39. The van der Waals surface area contributed by atoms with Crippen molar-refractivity contribution in [2.45, 2.75) is 46.1 Å². The van der Waals surface area contributed by atoms with Crippen molar-refractivity contribution >= 4 is 5.91 Å². The monoisotopic (exact) mass is 345 g/mol. The molecule has 0 aliphatic carbocycles.